The number of carbonyl (C=O) groups is 1. The van der Waals surface area contributed by atoms with E-state index in [2.05, 4.69) is 20.6 Å². The minimum absolute atomic E-state index is 0.188. The Morgan fingerprint density at radius 1 is 1.11 bits per heavy atom. The molecule has 1 aliphatic carbocycles. The first-order valence-electron chi connectivity index (χ1n) is 5.71. The highest BCUT2D eigenvalue weighted by atomic mass is 16.3. The number of rotatable bonds is 2. The van der Waals surface area contributed by atoms with E-state index in [-0.39, 0.29) is 18.0 Å². The van der Waals surface area contributed by atoms with E-state index in [1.807, 2.05) is 24.3 Å². The molecule has 3 rings (SSSR count). The van der Waals surface area contributed by atoms with Crippen molar-refractivity contribution in [3.8, 4) is 11.4 Å². The van der Waals surface area contributed by atoms with Crippen LogP contribution in [-0.2, 0) is 4.79 Å². The molecule has 6 heteroatoms. The van der Waals surface area contributed by atoms with Crippen LogP contribution in [0.2, 0.25) is 0 Å². The second kappa shape index (κ2) is 4.49. The molecule has 0 unspecified atom stereocenters. The lowest BCUT2D eigenvalue weighted by Gasteiger charge is -2.10. The molecule has 0 amide bonds. The molecule has 0 atom stereocenters. The van der Waals surface area contributed by atoms with Gasteiger partial charge in [-0.2, -0.15) is 5.21 Å². The van der Waals surface area contributed by atoms with Crippen molar-refractivity contribution < 1.29 is 9.90 Å². The first-order valence-corrected chi connectivity index (χ1v) is 5.71. The van der Waals surface area contributed by atoms with Gasteiger partial charge in [0.1, 0.15) is 0 Å². The molecule has 2 aromatic rings. The van der Waals surface area contributed by atoms with Gasteiger partial charge in [-0.05, 0) is 22.4 Å². The van der Waals surface area contributed by atoms with Crippen LogP contribution in [-0.4, -0.2) is 31.5 Å². The molecule has 1 aliphatic rings. The summed E-state index contributed by atoms with van der Waals surface area (Å²) in [6, 6.07) is 7.51. The summed E-state index contributed by atoms with van der Waals surface area (Å²) in [6.07, 6.45) is 3.39. The van der Waals surface area contributed by atoms with Crippen LogP contribution in [0.4, 0.5) is 0 Å². The number of tetrazole rings is 1. The summed E-state index contributed by atoms with van der Waals surface area (Å²) < 4.78 is 0. The molecule has 94 valence electrons. The summed E-state index contributed by atoms with van der Waals surface area (Å²) in [5.74, 6) is 0.0738. The van der Waals surface area contributed by atoms with E-state index >= 15 is 0 Å². The molecule has 0 bridgehead atoms. The van der Waals surface area contributed by atoms with Gasteiger partial charge in [-0.3, -0.25) is 4.79 Å². The van der Waals surface area contributed by atoms with Crippen molar-refractivity contribution >= 4 is 11.4 Å². The van der Waals surface area contributed by atoms with Gasteiger partial charge in [0.25, 0.3) is 0 Å². The maximum Gasteiger partial charge on any atom is 0.204 e. The third kappa shape index (κ3) is 2.15. The van der Waals surface area contributed by atoms with Gasteiger partial charge in [-0.25, -0.2) is 0 Å². The molecule has 2 N–H and O–H groups in total. The van der Waals surface area contributed by atoms with E-state index in [1.165, 1.54) is 6.08 Å². The van der Waals surface area contributed by atoms with E-state index in [0.717, 1.165) is 16.7 Å². The number of aliphatic hydroxyl groups excluding tert-OH is 1. The van der Waals surface area contributed by atoms with E-state index in [0.29, 0.717) is 5.82 Å². The average molecular weight is 254 g/mol. The Bertz CT molecular complexity index is 669. The predicted molar refractivity (Wildman–Crippen MR) is 67.9 cm³/mol. The Labute approximate surface area is 108 Å². The number of ketones is 1. The zero-order chi connectivity index (χ0) is 13.2. The quantitative estimate of drug-likeness (QED) is 0.850. The molecule has 0 saturated heterocycles. The summed E-state index contributed by atoms with van der Waals surface area (Å²) in [4.78, 5) is 11.4. The van der Waals surface area contributed by atoms with Crippen molar-refractivity contribution in [2.24, 2.45) is 0 Å². The van der Waals surface area contributed by atoms with Crippen molar-refractivity contribution in [3.63, 3.8) is 0 Å². The van der Waals surface area contributed by atoms with Crippen LogP contribution in [0, 0.1) is 0 Å². The highest BCUT2D eigenvalue weighted by Crippen LogP contribution is 2.25. The predicted octanol–water partition coefficient (Wildman–Crippen LogP) is 1.66. The number of aromatic amines is 1. The number of H-pyrrole nitrogens is 1. The van der Waals surface area contributed by atoms with Crippen LogP contribution in [0.3, 0.4) is 0 Å². The summed E-state index contributed by atoms with van der Waals surface area (Å²) in [7, 11) is 0. The fourth-order valence-electron chi connectivity index (χ4n) is 1.91. The normalized spacial score (nSPS) is 15.1. The molecular weight excluding hydrogens is 244 g/mol. The molecule has 0 fully saturated rings. The monoisotopic (exact) mass is 254 g/mol. The number of benzene rings is 1. The van der Waals surface area contributed by atoms with E-state index in [9.17, 15) is 9.90 Å². The fraction of sp³-hybridized carbons (Fsp3) is 0.0769. The van der Waals surface area contributed by atoms with Gasteiger partial charge < -0.3 is 5.11 Å². The van der Waals surface area contributed by atoms with Crippen LogP contribution >= 0.6 is 0 Å². The lowest BCUT2D eigenvalue weighted by Crippen LogP contribution is -2.06. The Morgan fingerprint density at radius 3 is 2.47 bits per heavy atom. The van der Waals surface area contributed by atoms with E-state index in [4.69, 9.17) is 0 Å². The standard InChI is InChI=1S/C13H10N4O2/c18-11-6-5-10(7-12(11)19)8-1-3-9(4-2-8)13-14-16-17-15-13/h1-6,18H,7H2,(H,14,15,16,17). The first-order chi connectivity index (χ1) is 9.24. The number of aromatic nitrogens is 4. The van der Waals surface area contributed by atoms with Crippen LogP contribution in [0.25, 0.3) is 17.0 Å². The molecule has 1 aromatic carbocycles. The third-order valence-electron chi connectivity index (χ3n) is 2.94. The number of hydrogen-bond acceptors (Lipinski definition) is 5. The Hall–Kier alpha value is -2.76. The minimum atomic E-state index is -0.264. The second-order valence-corrected chi connectivity index (χ2v) is 4.16. The molecule has 6 nitrogen and oxygen atoms in total. The van der Waals surface area contributed by atoms with Crippen LogP contribution in [0.1, 0.15) is 12.0 Å². The SMILES string of the molecule is O=C1CC(c2ccc(-c3nn[nH]n3)cc2)=CC=C1O. The Balaban J connectivity index is 1.90. The molecule has 19 heavy (non-hydrogen) atoms. The van der Waals surface area contributed by atoms with Crippen LogP contribution in [0.5, 0.6) is 0 Å². The average Bonchev–Trinajstić information content (AvgIpc) is 2.96. The molecule has 0 aliphatic heterocycles. The van der Waals surface area contributed by atoms with Gasteiger partial charge >= 0.3 is 0 Å². The largest absolute Gasteiger partial charge is 0.504 e. The van der Waals surface area contributed by atoms with Gasteiger partial charge in [-0.15, -0.1) is 10.2 Å². The lowest BCUT2D eigenvalue weighted by atomic mass is 9.95. The molecule has 1 heterocycles. The van der Waals surface area contributed by atoms with Crippen molar-refractivity contribution in [2.45, 2.75) is 6.42 Å². The second-order valence-electron chi connectivity index (χ2n) is 4.16. The Morgan fingerprint density at radius 2 is 1.84 bits per heavy atom. The summed E-state index contributed by atoms with van der Waals surface area (Å²) in [5, 5.41) is 22.9. The number of nitrogens with one attached hydrogen (secondary N) is 1. The lowest BCUT2D eigenvalue weighted by molar-refractivity contribution is -0.117. The van der Waals surface area contributed by atoms with Crippen molar-refractivity contribution in [1.29, 1.82) is 0 Å². The number of Topliss-reactive ketones (excluding diaryl/α,β-unsaturated/α-hetero) is 1. The smallest absolute Gasteiger partial charge is 0.204 e. The summed E-state index contributed by atoms with van der Waals surface area (Å²) in [6.45, 7) is 0. The maximum absolute atomic E-state index is 11.4. The third-order valence-corrected chi connectivity index (χ3v) is 2.94. The van der Waals surface area contributed by atoms with Crippen LogP contribution in [0.15, 0.2) is 42.2 Å². The first kappa shape index (κ1) is 11.3. The van der Waals surface area contributed by atoms with Crippen molar-refractivity contribution in [2.75, 3.05) is 0 Å². The molecular formula is C13H10N4O2. The van der Waals surface area contributed by atoms with Gasteiger partial charge in [0.05, 0.1) is 0 Å². The molecule has 0 radical (unpaired) electrons. The van der Waals surface area contributed by atoms with Crippen molar-refractivity contribution in [3.05, 3.63) is 47.7 Å². The number of nitrogens with zero attached hydrogens (tertiary/aromatic N) is 3. The van der Waals surface area contributed by atoms with Gasteiger partial charge in [0.15, 0.2) is 5.76 Å². The summed E-state index contributed by atoms with van der Waals surface area (Å²) in [5.41, 5.74) is 2.66. The minimum Gasteiger partial charge on any atom is -0.504 e. The number of allylic oxidation sites excluding steroid dienone is 4. The van der Waals surface area contributed by atoms with Gasteiger partial charge in [0, 0.05) is 12.0 Å². The van der Waals surface area contributed by atoms with Crippen LogP contribution < -0.4 is 0 Å². The Kier molecular flexibility index (Phi) is 2.68. The molecule has 0 saturated carbocycles. The van der Waals surface area contributed by atoms with Gasteiger partial charge in [0.2, 0.25) is 11.6 Å². The zero-order valence-corrected chi connectivity index (χ0v) is 9.87. The summed E-state index contributed by atoms with van der Waals surface area (Å²) >= 11 is 0. The highest BCUT2D eigenvalue weighted by molar-refractivity contribution is 6.02. The topological polar surface area (TPSA) is 91.8 Å². The molecule has 1 aromatic heterocycles. The number of carbonyl (C=O) groups excluding carboxylic acids is 1. The maximum atomic E-state index is 11.4. The zero-order valence-electron chi connectivity index (χ0n) is 9.87. The highest BCUT2D eigenvalue weighted by Gasteiger charge is 2.15. The fourth-order valence-corrected chi connectivity index (χ4v) is 1.91. The molecule has 0 spiro atoms. The number of aliphatic hydroxyl groups is 1. The van der Waals surface area contributed by atoms with Gasteiger partial charge in [-0.1, -0.05) is 30.3 Å². The van der Waals surface area contributed by atoms with E-state index < -0.39 is 0 Å². The van der Waals surface area contributed by atoms with E-state index in [1.54, 1.807) is 6.08 Å². The van der Waals surface area contributed by atoms with Crippen molar-refractivity contribution in [1.82, 2.24) is 20.6 Å². The number of hydrogen-bond donors (Lipinski definition) is 2.